The van der Waals surface area contributed by atoms with Crippen LogP contribution in [0.5, 0.6) is 0 Å². The third-order valence-corrected chi connectivity index (χ3v) is 12.7. The normalized spacial score (nSPS) is 21.3. The van der Waals surface area contributed by atoms with Crippen molar-refractivity contribution < 1.29 is 0 Å². The number of fused-ring (bicyclic) bond motifs is 3. The fraction of sp³-hybridized carbons (Fsp3) is 0.204. The Morgan fingerprint density at radius 3 is 1.47 bits per heavy atom. The molecule has 0 amide bonds. The molecule has 0 radical (unpaired) electrons. The van der Waals surface area contributed by atoms with Gasteiger partial charge >= 0.3 is 0 Å². The van der Waals surface area contributed by atoms with Crippen molar-refractivity contribution >= 4 is 27.5 Å². The molecule has 3 heterocycles. The molecule has 0 spiro atoms. The molecule has 4 bridgehead atoms. The molecule has 0 N–H and O–H groups in total. The van der Waals surface area contributed by atoms with E-state index >= 15 is 0 Å². The lowest BCUT2D eigenvalue weighted by atomic mass is 9.48. The highest BCUT2D eigenvalue weighted by atomic mass is 15.1. The third kappa shape index (κ3) is 5.45. The Kier molecular flexibility index (Phi) is 7.32. The topological polar surface area (TPSA) is 60.9 Å². The maximum Gasteiger partial charge on any atom is 0.187 e. The molecule has 12 rings (SSSR count). The van der Waals surface area contributed by atoms with E-state index in [9.17, 15) is 0 Å². The molecular formula is C49H38N6. The van der Waals surface area contributed by atoms with Gasteiger partial charge in [0.2, 0.25) is 0 Å². The van der Waals surface area contributed by atoms with Crippen LogP contribution in [-0.4, -0.2) is 24.5 Å². The summed E-state index contributed by atoms with van der Waals surface area (Å²) in [6.45, 7) is 7.42. The Hall–Kier alpha value is -6.45. The van der Waals surface area contributed by atoms with Gasteiger partial charge in [0.15, 0.2) is 23.2 Å². The van der Waals surface area contributed by atoms with Crippen molar-refractivity contribution in [2.45, 2.75) is 43.9 Å². The van der Waals surface area contributed by atoms with Crippen molar-refractivity contribution in [1.82, 2.24) is 24.5 Å². The maximum atomic E-state index is 7.42. The molecule has 0 unspecified atom stereocenters. The Balaban J connectivity index is 0.931. The smallest absolute Gasteiger partial charge is 0.187 e. The molecule has 3 aromatic heterocycles. The summed E-state index contributed by atoms with van der Waals surface area (Å²) in [4.78, 5) is 23.4. The van der Waals surface area contributed by atoms with Crippen molar-refractivity contribution in [1.29, 1.82) is 0 Å². The van der Waals surface area contributed by atoms with E-state index in [1.54, 1.807) is 17.7 Å². The minimum Gasteiger partial charge on any atom is -0.294 e. The molecule has 4 saturated carbocycles. The van der Waals surface area contributed by atoms with Crippen LogP contribution >= 0.6 is 0 Å². The quantitative estimate of drug-likeness (QED) is 0.161. The zero-order chi connectivity index (χ0) is 36.5. The number of rotatable bonds is 6. The second kappa shape index (κ2) is 12.6. The zero-order valence-corrected chi connectivity index (χ0v) is 30.4. The molecule has 6 nitrogen and oxygen atoms in total. The maximum absolute atomic E-state index is 7.42. The van der Waals surface area contributed by atoms with E-state index in [0.29, 0.717) is 28.6 Å². The van der Waals surface area contributed by atoms with Gasteiger partial charge in [-0.1, -0.05) is 109 Å². The molecule has 4 aliphatic carbocycles. The Labute approximate surface area is 320 Å². The van der Waals surface area contributed by atoms with E-state index in [1.165, 1.54) is 60.4 Å². The van der Waals surface area contributed by atoms with Gasteiger partial charge in [0.05, 0.1) is 17.6 Å². The zero-order valence-electron chi connectivity index (χ0n) is 30.4. The lowest BCUT2D eigenvalue weighted by Crippen LogP contribution is -2.48. The molecule has 8 aromatic rings. The number of hydrogen-bond acceptors (Lipinski definition) is 4. The minimum atomic E-state index is 0.405. The average molecular weight is 711 g/mol. The Morgan fingerprint density at radius 2 is 0.964 bits per heavy atom. The van der Waals surface area contributed by atoms with Gasteiger partial charge in [0.1, 0.15) is 5.82 Å². The SMILES string of the molecule is [C-]#[N+]c1ccc(-c2nc(-c3ccc(-c4ccc(C56CC7CC(CC(C7)C5)C6)cc4)cc3)nc(-c3ccc(-n4c5ccccc5c5ccccc54)nc3)n2)cc1. The van der Waals surface area contributed by atoms with Crippen LogP contribution in [0.3, 0.4) is 0 Å². The summed E-state index contributed by atoms with van der Waals surface area (Å²) in [5.74, 6) is 5.32. The fourth-order valence-electron chi connectivity index (χ4n) is 10.6. The standard InChI is InChI=1S/C49H38N6/c1-50-40-21-16-37(17-22-40)47-52-46(36-12-10-34(11-13-36)35-14-19-39(20-15-35)49-27-31-24-32(28-49)26-33(25-31)29-49)53-48(54-47)38-18-23-45(51-30-38)55-43-8-4-2-6-41(43)42-7-3-5-9-44(42)55/h2-23,30-33H,24-29H2. The first-order chi connectivity index (χ1) is 27.1. The molecule has 6 heteroatoms. The van der Waals surface area contributed by atoms with Gasteiger partial charge in [-0.25, -0.2) is 24.8 Å². The van der Waals surface area contributed by atoms with Crippen molar-refractivity contribution in [3.05, 3.63) is 157 Å². The molecule has 5 aromatic carbocycles. The first kappa shape index (κ1) is 32.0. The van der Waals surface area contributed by atoms with Crippen molar-refractivity contribution in [2.75, 3.05) is 0 Å². The van der Waals surface area contributed by atoms with E-state index in [1.807, 2.05) is 30.5 Å². The van der Waals surface area contributed by atoms with Crippen LogP contribution in [0.2, 0.25) is 0 Å². The van der Waals surface area contributed by atoms with E-state index in [-0.39, 0.29) is 0 Å². The first-order valence-corrected chi connectivity index (χ1v) is 19.5. The van der Waals surface area contributed by atoms with E-state index < -0.39 is 0 Å². The van der Waals surface area contributed by atoms with Crippen LogP contribution in [0, 0.1) is 24.3 Å². The van der Waals surface area contributed by atoms with Crippen LogP contribution in [0.15, 0.2) is 140 Å². The second-order valence-electron chi connectivity index (χ2n) is 16.1. The molecule has 0 saturated heterocycles. The Morgan fingerprint density at radius 1 is 0.509 bits per heavy atom. The second-order valence-corrected chi connectivity index (χ2v) is 16.1. The molecule has 55 heavy (non-hydrogen) atoms. The highest BCUT2D eigenvalue weighted by Gasteiger charge is 2.51. The van der Waals surface area contributed by atoms with Gasteiger partial charge < -0.3 is 0 Å². The van der Waals surface area contributed by atoms with Crippen molar-refractivity contribution in [2.24, 2.45) is 17.8 Å². The van der Waals surface area contributed by atoms with Crippen LogP contribution in [-0.2, 0) is 5.41 Å². The molecule has 0 atom stereocenters. The molecule has 4 fully saturated rings. The predicted molar refractivity (Wildman–Crippen MR) is 220 cm³/mol. The summed E-state index contributed by atoms with van der Waals surface area (Å²) in [5.41, 5.74) is 9.68. The van der Waals surface area contributed by atoms with Crippen LogP contribution in [0.25, 0.3) is 77.8 Å². The van der Waals surface area contributed by atoms with Crippen molar-refractivity contribution in [3.8, 4) is 51.1 Å². The fourth-order valence-corrected chi connectivity index (χ4v) is 10.6. The number of benzene rings is 5. The summed E-state index contributed by atoms with van der Waals surface area (Å²) in [7, 11) is 0. The van der Waals surface area contributed by atoms with E-state index in [4.69, 9.17) is 26.5 Å². The number of aromatic nitrogens is 5. The number of nitrogens with zero attached hydrogens (tertiary/aromatic N) is 6. The highest BCUT2D eigenvalue weighted by molar-refractivity contribution is 6.09. The molecule has 0 aliphatic heterocycles. The van der Waals surface area contributed by atoms with E-state index in [2.05, 4.69) is 106 Å². The summed E-state index contributed by atoms with van der Waals surface area (Å²) in [5, 5.41) is 2.39. The van der Waals surface area contributed by atoms with Gasteiger partial charge in [-0.15, -0.1) is 0 Å². The predicted octanol–water partition coefficient (Wildman–Crippen LogP) is 12.1. The number of para-hydroxylation sites is 2. The monoisotopic (exact) mass is 710 g/mol. The summed E-state index contributed by atoms with van der Waals surface area (Å²) in [6, 6.07) is 46.4. The molecular weight excluding hydrogens is 673 g/mol. The van der Waals surface area contributed by atoms with E-state index in [0.717, 1.165) is 51.3 Å². The minimum absolute atomic E-state index is 0.405. The summed E-state index contributed by atoms with van der Waals surface area (Å²) in [6.07, 6.45) is 10.4. The van der Waals surface area contributed by atoms with Crippen LogP contribution in [0.1, 0.15) is 44.1 Å². The Bertz CT molecular complexity index is 2680. The van der Waals surface area contributed by atoms with Crippen LogP contribution in [0.4, 0.5) is 5.69 Å². The first-order valence-electron chi connectivity index (χ1n) is 19.5. The van der Waals surface area contributed by atoms with Crippen LogP contribution < -0.4 is 0 Å². The third-order valence-electron chi connectivity index (χ3n) is 12.7. The average Bonchev–Trinajstić information content (AvgIpc) is 3.58. The summed E-state index contributed by atoms with van der Waals surface area (Å²) < 4.78 is 2.20. The van der Waals surface area contributed by atoms with Crippen molar-refractivity contribution in [3.63, 3.8) is 0 Å². The number of hydrogen-bond donors (Lipinski definition) is 0. The van der Waals surface area contributed by atoms with Gasteiger partial charge in [0, 0.05) is 33.7 Å². The lowest BCUT2D eigenvalue weighted by Gasteiger charge is -2.57. The largest absolute Gasteiger partial charge is 0.294 e. The lowest BCUT2D eigenvalue weighted by molar-refractivity contribution is -0.00518. The highest BCUT2D eigenvalue weighted by Crippen LogP contribution is 2.60. The van der Waals surface area contributed by atoms with Gasteiger partial charge in [0.25, 0.3) is 0 Å². The number of pyridine rings is 1. The van der Waals surface area contributed by atoms with Gasteiger partial charge in [-0.2, -0.15) is 0 Å². The molecule has 4 aliphatic rings. The van der Waals surface area contributed by atoms with Gasteiger partial charge in [-0.05, 0) is 103 Å². The van der Waals surface area contributed by atoms with Gasteiger partial charge in [-0.3, -0.25) is 4.57 Å². The molecule has 264 valence electrons. The summed E-state index contributed by atoms with van der Waals surface area (Å²) >= 11 is 0.